The zero-order chi connectivity index (χ0) is 20.9. The monoisotopic (exact) mass is 388 g/mol. The summed E-state index contributed by atoms with van der Waals surface area (Å²) >= 11 is 0. The van der Waals surface area contributed by atoms with Crippen LogP contribution < -0.4 is 0 Å². The van der Waals surface area contributed by atoms with Crippen LogP contribution in [0, 0.1) is 0 Å². The zero-order valence-corrected chi connectivity index (χ0v) is 15.8. The number of aliphatic carboxylic acids is 1. The SMILES string of the molecule is C=C(C)C(=O)OCC1CO1.C=C(CC=CC(=O)O)C(=O)OCc1ccccc1. The van der Waals surface area contributed by atoms with Gasteiger partial charge in [0.05, 0.1) is 6.61 Å². The Morgan fingerprint density at radius 2 is 1.82 bits per heavy atom. The number of allylic oxidation sites excluding steroid dienone is 1. The van der Waals surface area contributed by atoms with Gasteiger partial charge in [-0.15, -0.1) is 0 Å². The van der Waals surface area contributed by atoms with Crippen LogP contribution in [-0.2, 0) is 35.2 Å². The van der Waals surface area contributed by atoms with Crippen molar-refractivity contribution < 1.29 is 33.7 Å². The number of carboxylic acids is 1. The molecule has 28 heavy (non-hydrogen) atoms. The van der Waals surface area contributed by atoms with Crippen molar-refractivity contribution in [3.8, 4) is 0 Å². The van der Waals surface area contributed by atoms with E-state index in [1.54, 1.807) is 6.92 Å². The second-order valence-electron chi connectivity index (χ2n) is 5.94. The third-order valence-electron chi connectivity index (χ3n) is 3.28. The predicted molar refractivity (Wildman–Crippen MR) is 102 cm³/mol. The largest absolute Gasteiger partial charge is 0.478 e. The number of benzene rings is 1. The van der Waals surface area contributed by atoms with Crippen molar-refractivity contribution in [3.63, 3.8) is 0 Å². The average Bonchev–Trinajstić information content (AvgIpc) is 3.49. The van der Waals surface area contributed by atoms with Crippen LogP contribution in [0.15, 0.2) is 66.8 Å². The molecule has 0 aromatic heterocycles. The number of carbonyl (C=O) groups excluding carboxylic acids is 2. The second-order valence-corrected chi connectivity index (χ2v) is 5.94. The number of rotatable bonds is 9. The maximum absolute atomic E-state index is 11.5. The van der Waals surface area contributed by atoms with E-state index in [1.165, 1.54) is 6.08 Å². The molecule has 0 aliphatic carbocycles. The van der Waals surface area contributed by atoms with E-state index in [2.05, 4.69) is 13.2 Å². The van der Waals surface area contributed by atoms with Gasteiger partial charge >= 0.3 is 17.9 Å². The Hall–Kier alpha value is -3.19. The van der Waals surface area contributed by atoms with Crippen LogP contribution in [0.25, 0.3) is 0 Å². The Morgan fingerprint density at radius 3 is 2.36 bits per heavy atom. The highest BCUT2D eigenvalue weighted by atomic mass is 16.6. The van der Waals surface area contributed by atoms with Gasteiger partial charge in [-0.25, -0.2) is 14.4 Å². The number of carbonyl (C=O) groups is 3. The van der Waals surface area contributed by atoms with E-state index in [9.17, 15) is 14.4 Å². The van der Waals surface area contributed by atoms with Crippen molar-refractivity contribution in [1.82, 2.24) is 0 Å². The second kappa shape index (κ2) is 12.2. The maximum Gasteiger partial charge on any atom is 0.334 e. The molecule has 1 heterocycles. The molecule has 0 radical (unpaired) electrons. The molecule has 1 aromatic rings. The Kier molecular flexibility index (Phi) is 9.99. The summed E-state index contributed by atoms with van der Waals surface area (Å²) in [5, 5.41) is 8.38. The number of carboxylic acid groups (broad SMARTS) is 1. The summed E-state index contributed by atoms with van der Waals surface area (Å²) in [5.74, 6) is -1.91. The quantitative estimate of drug-likeness (QED) is 0.394. The molecule has 0 amide bonds. The van der Waals surface area contributed by atoms with Gasteiger partial charge < -0.3 is 19.3 Å². The molecule has 1 aliphatic heterocycles. The summed E-state index contributed by atoms with van der Waals surface area (Å²) in [6.45, 7) is 9.86. The molecule has 1 aromatic carbocycles. The van der Waals surface area contributed by atoms with Crippen LogP contribution in [-0.4, -0.2) is 42.3 Å². The van der Waals surface area contributed by atoms with Crippen molar-refractivity contribution in [3.05, 3.63) is 72.4 Å². The van der Waals surface area contributed by atoms with E-state index in [0.29, 0.717) is 18.8 Å². The summed E-state index contributed by atoms with van der Waals surface area (Å²) in [6, 6.07) is 9.28. The van der Waals surface area contributed by atoms with Gasteiger partial charge in [0.2, 0.25) is 0 Å². The van der Waals surface area contributed by atoms with Gasteiger partial charge in [-0.1, -0.05) is 49.6 Å². The molecule has 7 nitrogen and oxygen atoms in total. The van der Waals surface area contributed by atoms with E-state index >= 15 is 0 Å². The first kappa shape index (κ1) is 22.9. The summed E-state index contributed by atoms with van der Waals surface area (Å²) in [4.78, 5) is 32.4. The lowest BCUT2D eigenvalue weighted by Crippen LogP contribution is -2.09. The fourth-order valence-corrected chi connectivity index (χ4v) is 1.67. The molecule has 0 bridgehead atoms. The molecular weight excluding hydrogens is 364 g/mol. The predicted octanol–water partition coefficient (Wildman–Crippen LogP) is 2.82. The first-order valence-corrected chi connectivity index (χ1v) is 8.52. The van der Waals surface area contributed by atoms with Crippen LogP contribution in [0.5, 0.6) is 0 Å². The van der Waals surface area contributed by atoms with Crippen molar-refractivity contribution in [2.24, 2.45) is 0 Å². The number of esters is 2. The van der Waals surface area contributed by atoms with E-state index in [0.717, 1.165) is 11.6 Å². The third-order valence-corrected chi connectivity index (χ3v) is 3.28. The van der Waals surface area contributed by atoms with Gasteiger partial charge in [-0.05, 0) is 18.9 Å². The van der Waals surface area contributed by atoms with Gasteiger partial charge in [0, 0.05) is 17.2 Å². The minimum absolute atomic E-state index is 0.142. The minimum atomic E-state index is -1.06. The number of hydrogen-bond donors (Lipinski definition) is 1. The minimum Gasteiger partial charge on any atom is -0.478 e. The molecule has 1 saturated heterocycles. The Bertz CT molecular complexity index is 730. The van der Waals surface area contributed by atoms with E-state index in [4.69, 9.17) is 19.3 Å². The lowest BCUT2D eigenvalue weighted by atomic mass is 10.2. The summed E-state index contributed by atoms with van der Waals surface area (Å²) in [7, 11) is 0. The highest BCUT2D eigenvalue weighted by Crippen LogP contribution is 2.09. The molecule has 7 heteroatoms. The standard InChI is InChI=1S/C14H14O4.C7H10O3/c1-11(6-5-9-13(15)16)14(17)18-10-12-7-3-2-4-8-12;1-5(2)7(8)10-4-6-3-9-6/h2-5,7-9H,1,6,10H2,(H,15,16);6H,1,3-4H2,2H3. The van der Waals surface area contributed by atoms with Crippen molar-refractivity contribution >= 4 is 17.9 Å². The van der Waals surface area contributed by atoms with Gasteiger partial charge in [-0.2, -0.15) is 0 Å². The first-order valence-electron chi connectivity index (χ1n) is 8.52. The van der Waals surface area contributed by atoms with Crippen LogP contribution in [0.2, 0.25) is 0 Å². The maximum atomic E-state index is 11.5. The van der Waals surface area contributed by atoms with Crippen molar-refractivity contribution in [2.45, 2.75) is 26.1 Å². The molecular formula is C21H24O7. The van der Waals surface area contributed by atoms with Gasteiger partial charge in [0.15, 0.2) is 0 Å². The summed E-state index contributed by atoms with van der Waals surface area (Å²) < 4.78 is 14.6. The number of hydrogen-bond acceptors (Lipinski definition) is 6. The Labute approximate surface area is 163 Å². The van der Waals surface area contributed by atoms with E-state index < -0.39 is 11.9 Å². The normalized spacial score (nSPS) is 14.4. The van der Waals surface area contributed by atoms with Crippen LogP contribution in [0.4, 0.5) is 0 Å². The van der Waals surface area contributed by atoms with Gasteiger partial charge in [0.25, 0.3) is 0 Å². The highest BCUT2D eigenvalue weighted by molar-refractivity contribution is 5.88. The fourth-order valence-electron chi connectivity index (χ4n) is 1.67. The van der Waals surface area contributed by atoms with Crippen LogP contribution in [0.1, 0.15) is 18.9 Å². The number of ether oxygens (including phenoxy) is 3. The molecule has 1 fully saturated rings. The molecule has 1 aliphatic rings. The number of epoxide rings is 1. The van der Waals surface area contributed by atoms with E-state index in [-0.39, 0.29) is 30.7 Å². The Morgan fingerprint density at radius 1 is 1.18 bits per heavy atom. The first-order chi connectivity index (χ1) is 13.3. The van der Waals surface area contributed by atoms with Crippen molar-refractivity contribution in [2.75, 3.05) is 13.2 Å². The summed E-state index contributed by atoms with van der Waals surface area (Å²) in [6.07, 6.45) is 2.63. The Balaban J connectivity index is 0.000000330. The molecule has 1 unspecified atom stereocenters. The lowest BCUT2D eigenvalue weighted by molar-refractivity contribution is -0.140. The molecule has 1 N–H and O–H groups in total. The molecule has 2 rings (SSSR count). The topological polar surface area (TPSA) is 102 Å². The van der Waals surface area contributed by atoms with Gasteiger partial charge in [0.1, 0.15) is 19.3 Å². The van der Waals surface area contributed by atoms with Crippen LogP contribution >= 0.6 is 0 Å². The molecule has 150 valence electrons. The third kappa shape index (κ3) is 10.7. The molecule has 0 saturated carbocycles. The zero-order valence-electron chi connectivity index (χ0n) is 15.8. The highest BCUT2D eigenvalue weighted by Gasteiger charge is 2.24. The van der Waals surface area contributed by atoms with Crippen LogP contribution in [0.3, 0.4) is 0 Å². The molecule has 1 atom stereocenters. The fraction of sp³-hybridized carbons (Fsp3) is 0.286. The lowest BCUT2D eigenvalue weighted by Gasteiger charge is -2.05. The van der Waals surface area contributed by atoms with Gasteiger partial charge in [-0.3, -0.25) is 0 Å². The summed E-state index contributed by atoms with van der Waals surface area (Å²) in [5.41, 5.74) is 1.55. The van der Waals surface area contributed by atoms with Crippen molar-refractivity contribution in [1.29, 1.82) is 0 Å². The van der Waals surface area contributed by atoms with E-state index in [1.807, 2.05) is 30.3 Å². The molecule has 0 spiro atoms. The smallest absolute Gasteiger partial charge is 0.334 e. The average molecular weight is 388 g/mol.